The standard InChI is InChI=1S/C19H25NO/c1-3-19(2,15-21)14-20-18-12-8-7-11-17(18)13-16-9-5-4-6-10-16/h4-12,20-21H,3,13-15H2,1-2H3. The summed E-state index contributed by atoms with van der Waals surface area (Å²) in [4.78, 5) is 0. The maximum atomic E-state index is 9.53. The van der Waals surface area contributed by atoms with Gasteiger partial charge in [0.2, 0.25) is 0 Å². The maximum absolute atomic E-state index is 9.53. The van der Waals surface area contributed by atoms with Crippen molar-refractivity contribution >= 4 is 5.69 Å². The Hall–Kier alpha value is -1.80. The predicted molar refractivity (Wildman–Crippen MR) is 89.7 cm³/mol. The van der Waals surface area contributed by atoms with Crippen LogP contribution >= 0.6 is 0 Å². The number of hydrogen-bond acceptors (Lipinski definition) is 2. The van der Waals surface area contributed by atoms with Crippen molar-refractivity contribution in [3.8, 4) is 0 Å². The van der Waals surface area contributed by atoms with Crippen LogP contribution in [0.1, 0.15) is 31.4 Å². The molecule has 0 saturated heterocycles. The molecule has 2 N–H and O–H groups in total. The zero-order chi connectivity index (χ0) is 15.1. The molecule has 0 bridgehead atoms. The predicted octanol–water partition coefficient (Wildman–Crippen LogP) is 4.10. The van der Waals surface area contributed by atoms with E-state index in [0.717, 1.165) is 25.1 Å². The van der Waals surface area contributed by atoms with Gasteiger partial charge in [-0.15, -0.1) is 0 Å². The molecule has 0 amide bonds. The zero-order valence-corrected chi connectivity index (χ0v) is 13.0. The molecule has 0 aliphatic heterocycles. The number of benzene rings is 2. The summed E-state index contributed by atoms with van der Waals surface area (Å²) in [6.45, 7) is 5.22. The Morgan fingerprint density at radius 1 is 1.00 bits per heavy atom. The van der Waals surface area contributed by atoms with Crippen molar-refractivity contribution in [2.75, 3.05) is 18.5 Å². The highest BCUT2D eigenvalue weighted by Gasteiger charge is 2.20. The summed E-state index contributed by atoms with van der Waals surface area (Å²) in [5.74, 6) is 0. The molecule has 2 heteroatoms. The topological polar surface area (TPSA) is 32.3 Å². The average Bonchev–Trinajstić information content (AvgIpc) is 2.55. The Morgan fingerprint density at radius 2 is 1.67 bits per heavy atom. The molecule has 112 valence electrons. The lowest BCUT2D eigenvalue weighted by atomic mass is 9.88. The molecular weight excluding hydrogens is 258 g/mol. The zero-order valence-electron chi connectivity index (χ0n) is 13.0. The van der Waals surface area contributed by atoms with E-state index in [1.165, 1.54) is 11.1 Å². The largest absolute Gasteiger partial charge is 0.396 e. The molecule has 0 radical (unpaired) electrons. The molecule has 2 aromatic carbocycles. The lowest BCUT2D eigenvalue weighted by molar-refractivity contribution is 0.149. The summed E-state index contributed by atoms with van der Waals surface area (Å²) in [6, 6.07) is 18.9. The van der Waals surface area contributed by atoms with Crippen LogP contribution in [0, 0.1) is 5.41 Å². The second-order valence-electron chi connectivity index (χ2n) is 6.00. The number of anilines is 1. The number of para-hydroxylation sites is 1. The normalized spacial score (nSPS) is 13.7. The van der Waals surface area contributed by atoms with Gasteiger partial charge in [-0.3, -0.25) is 0 Å². The first-order valence-electron chi connectivity index (χ1n) is 7.63. The minimum atomic E-state index is -0.0696. The number of rotatable bonds is 7. The molecule has 21 heavy (non-hydrogen) atoms. The number of hydrogen-bond donors (Lipinski definition) is 2. The lowest BCUT2D eigenvalue weighted by Gasteiger charge is -2.27. The Balaban J connectivity index is 2.10. The third-order valence-electron chi connectivity index (χ3n) is 4.20. The third kappa shape index (κ3) is 4.33. The molecule has 1 atom stereocenters. The Labute approximate surface area is 127 Å². The minimum absolute atomic E-state index is 0.0696. The average molecular weight is 283 g/mol. The van der Waals surface area contributed by atoms with Crippen LogP contribution < -0.4 is 5.32 Å². The van der Waals surface area contributed by atoms with Crippen LogP contribution in [0.15, 0.2) is 54.6 Å². The third-order valence-corrected chi connectivity index (χ3v) is 4.20. The van der Waals surface area contributed by atoms with Crippen molar-refractivity contribution in [3.05, 3.63) is 65.7 Å². The first kappa shape index (κ1) is 15.6. The fourth-order valence-electron chi connectivity index (χ4n) is 2.26. The van der Waals surface area contributed by atoms with E-state index in [1.807, 2.05) is 6.07 Å². The van der Waals surface area contributed by atoms with E-state index in [9.17, 15) is 5.11 Å². The Bertz CT molecular complexity index is 547. The van der Waals surface area contributed by atoms with Gasteiger partial charge in [-0.1, -0.05) is 62.4 Å². The molecule has 0 heterocycles. The summed E-state index contributed by atoms with van der Waals surface area (Å²) >= 11 is 0. The van der Waals surface area contributed by atoms with Gasteiger partial charge in [0, 0.05) is 17.6 Å². The van der Waals surface area contributed by atoms with Crippen molar-refractivity contribution in [2.24, 2.45) is 5.41 Å². The van der Waals surface area contributed by atoms with Crippen molar-refractivity contribution in [3.63, 3.8) is 0 Å². The molecule has 0 aliphatic rings. The van der Waals surface area contributed by atoms with E-state index < -0.39 is 0 Å². The van der Waals surface area contributed by atoms with Crippen LogP contribution in [0.25, 0.3) is 0 Å². The van der Waals surface area contributed by atoms with E-state index in [2.05, 4.69) is 67.7 Å². The van der Waals surface area contributed by atoms with Crippen LogP contribution in [0.2, 0.25) is 0 Å². The van der Waals surface area contributed by atoms with Crippen molar-refractivity contribution in [2.45, 2.75) is 26.7 Å². The van der Waals surface area contributed by atoms with Crippen molar-refractivity contribution in [1.29, 1.82) is 0 Å². The summed E-state index contributed by atoms with van der Waals surface area (Å²) in [6.07, 6.45) is 1.88. The van der Waals surface area contributed by atoms with E-state index in [1.54, 1.807) is 0 Å². The van der Waals surface area contributed by atoms with E-state index >= 15 is 0 Å². The molecule has 0 fully saturated rings. The highest BCUT2D eigenvalue weighted by molar-refractivity contribution is 5.53. The quantitative estimate of drug-likeness (QED) is 0.802. The van der Waals surface area contributed by atoms with Gasteiger partial charge in [0.25, 0.3) is 0 Å². The monoisotopic (exact) mass is 283 g/mol. The van der Waals surface area contributed by atoms with Crippen LogP contribution in [0.3, 0.4) is 0 Å². The highest BCUT2D eigenvalue weighted by atomic mass is 16.3. The molecule has 0 aliphatic carbocycles. The van der Waals surface area contributed by atoms with Crippen molar-refractivity contribution in [1.82, 2.24) is 0 Å². The number of aliphatic hydroxyl groups excluding tert-OH is 1. The minimum Gasteiger partial charge on any atom is -0.396 e. The smallest absolute Gasteiger partial charge is 0.0501 e. The van der Waals surface area contributed by atoms with E-state index in [0.29, 0.717) is 0 Å². The van der Waals surface area contributed by atoms with Gasteiger partial charge < -0.3 is 10.4 Å². The van der Waals surface area contributed by atoms with Gasteiger partial charge in [0.1, 0.15) is 0 Å². The van der Waals surface area contributed by atoms with Crippen molar-refractivity contribution < 1.29 is 5.11 Å². The Morgan fingerprint density at radius 3 is 2.33 bits per heavy atom. The first-order chi connectivity index (χ1) is 10.2. The second kappa shape index (κ2) is 7.28. The van der Waals surface area contributed by atoms with Gasteiger partial charge in [0.05, 0.1) is 6.61 Å². The first-order valence-corrected chi connectivity index (χ1v) is 7.63. The second-order valence-corrected chi connectivity index (χ2v) is 6.00. The highest BCUT2D eigenvalue weighted by Crippen LogP contribution is 2.24. The van der Waals surface area contributed by atoms with Crippen LogP contribution in [0.5, 0.6) is 0 Å². The molecule has 2 nitrogen and oxygen atoms in total. The van der Waals surface area contributed by atoms with Crippen LogP contribution in [-0.2, 0) is 6.42 Å². The molecule has 2 aromatic rings. The van der Waals surface area contributed by atoms with Crippen LogP contribution in [-0.4, -0.2) is 18.3 Å². The summed E-state index contributed by atoms with van der Waals surface area (Å²) < 4.78 is 0. The molecule has 0 aromatic heterocycles. The molecule has 0 spiro atoms. The molecular formula is C19H25NO. The molecule has 2 rings (SSSR count). The summed E-state index contributed by atoms with van der Waals surface area (Å²) in [5.41, 5.74) is 3.70. The summed E-state index contributed by atoms with van der Waals surface area (Å²) in [5, 5.41) is 13.0. The van der Waals surface area contributed by atoms with Gasteiger partial charge >= 0.3 is 0 Å². The fraction of sp³-hybridized carbons (Fsp3) is 0.368. The molecule has 1 unspecified atom stereocenters. The molecule has 0 saturated carbocycles. The van der Waals surface area contributed by atoms with E-state index in [-0.39, 0.29) is 12.0 Å². The fourth-order valence-corrected chi connectivity index (χ4v) is 2.26. The van der Waals surface area contributed by atoms with Gasteiger partial charge in [0.15, 0.2) is 0 Å². The van der Waals surface area contributed by atoms with Crippen LogP contribution in [0.4, 0.5) is 5.69 Å². The van der Waals surface area contributed by atoms with Gasteiger partial charge in [-0.2, -0.15) is 0 Å². The SMILES string of the molecule is CCC(C)(CO)CNc1ccccc1Cc1ccccc1. The van der Waals surface area contributed by atoms with Gasteiger partial charge in [-0.25, -0.2) is 0 Å². The van der Waals surface area contributed by atoms with E-state index in [4.69, 9.17) is 0 Å². The number of aliphatic hydroxyl groups is 1. The maximum Gasteiger partial charge on any atom is 0.0501 e. The Kier molecular flexibility index (Phi) is 5.40. The van der Waals surface area contributed by atoms with Gasteiger partial charge in [-0.05, 0) is 30.0 Å². The number of nitrogens with one attached hydrogen (secondary N) is 1. The lowest BCUT2D eigenvalue weighted by Crippen LogP contribution is -2.29. The summed E-state index contributed by atoms with van der Waals surface area (Å²) in [7, 11) is 0.